The number of likely N-dealkylation sites (tertiary alicyclic amines) is 1. The first-order valence-electron chi connectivity index (χ1n) is 9.94. The van der Waals surface area contributed by atoms with Crippen molar-refractivity contribution in [3.8, 4) is 0 Å². The van der Waals surface area contributed by atoms with Gasteiger partial charge in [-0.05, 0) is 33.8 Å². The Balaban J connectivity index is 1.32. The average Bonchev–Trinajstić information content (AvgIpc) is 3.36. The summed E-state index contributed by atoms with van der Waals surface area (Å²) in [7, 11) is 0. The summed E-state index contributed by atoms with van der Waals surface area (Å²) < 4.78 is 1.64. The fraction of sp³-hybridized carbons (Fsp3) is 0.500. The van der Waals surface area contributed by atoms with Crippen LogP contribution in [0.1, 0.15) is 33.3 Å². The SMILES string of the molecule is Cc1cc(C)n2nc(C(=O)N3CC4CN(c5ncnc(C)c5C)CC4C3)nc2n1. The number of carbonyl (C=O) groups excluding carboxylic acids is 1. The Labute approximate surface area is 168 Å². The molecule has 5 heterocycles. The summed E-state index contributed by atoms with van der Waals surface area (Å²) in [6.45, 7) is 11.2. The van der Waals surface area contributed by atoms with Crippen molar-refractivity contribution >= 4 is 17.5 Å². The molecular weight excluding hydrogens is 368 g/mol. The zero-order valence-electron chi connectivity index (χ0n) is 17.1. The smallest absolute Gasteiger partial charge is 0.293 e. The molecule has 2 aliphatic rings. The van der Waals surface area contributed by atoms with Gasteiger partial charge in [-0.3, -0.25) is 4.79 Å². The minimum Gasteiger partial charge on any atom is -0.356 e. The van der Waals surface area contributed by atoms with Gasteiger partial charge in [-0.1, -0.05) is 0 Å². The number of rotatable bonds is 2. The van der Waals surface area contributed by atoms with Crippen molar-refractivity contribution < 1.29 is 4.79 Å². The molecule has 0 aromatic carbocycles. The third-order valence-corrected chi connectivity index (χ3v) is 6.19. The summed E-state index contributed by atoms with van der Waals surface area (Å²) in [6.07, 6.45) is 1.63. The third-order valence-electron chi connectivity index (χ3n) is 6.19. The normalized spacial score (nSPS) is 21.2. The van der Waals surface area contributed by atoms with Gasteiger partial charge in [-0.15, -0.1) is 5.10 Å². The molecule has 0 bridgehead atoms. The number of fused-ring (bicyclic) bond motifs is 2. The van der Waals surface area contributed by atoms with E-state index in [-0.39, 0.29) is 11.7 Å². The minimum absolute atomic E-state index is 0.109. The van der Waals surface area contributed by atoms with E-state index < -0.39 is 0 Å². The molecule has 5 rings (SSSR count). The highest BCUT2D eigenvalue weighted by atomic mass is 16.2. The van der Waals surface area contributed by atoms with Gasteiger partial charge in [-0.2, -0.15) is 4.98 Å². The van der Waals surface area contributed by atoms with Crippen LogP contribution in [0.4, 0.5) is 5.82 Å². The Bertz CT molecular complexity index is 1110. The predicted octanol–water partition coefficient (Wildman–Crippen LogP) is 1.36. The second-order valence-corrected chi connectivity index (χ2v) is 8.23. The van der Waals surface area contributed by atoms with Crippen molar-refractivity contribution in [2.45, 2.75) is 27.7 Å². The first-order chi connectivity index (χ1) is 13.9. The lowest BCUT2D eigenvalue weighted by molar-refractivity contribution is 0.0770. The van der Waals surface area contributed by atoms with E-state index in [4.69, 9.17) is 0 Å². The molecule has 150 valence electrons. The molecule has 2 unspecified atom stereocenters. The van der Waals surface area contributed by atoms with Gasteiger partial charge in [0.05, 0.1) is 0 Å². The Morgan fingerprint density at radius 2 is 1.72 bits per heavy atom. The van der Waals surface area contributed by atoms with Gasteiger partial charge in [0.15, 0.2) is 0 Å². The number of nitrogens with zero attached hydrogens (tertiary/aromatic N) is 8. The molecule has 2 aliphatic heterocycles. The van der Waals surface area contributed by atoms with Crippen LogP contribution >= 0.6 is 0 Å². The van der Waals surface area contributed by atoms with Gasteiger partial charge >= 0.3 is 0 Å². The Hall–Kier alpha value is -3.10. The van der Waals surface area contributed by atoms with Gasteiger partial charge in [0, 0.05) is 60.7 Å². The summed E-state index contributed by atoms with van der Waals surface area (Å²) in [5, 5.41) is 4.40. The van der Waals surface area contributed by atoms with E-state index in [0.29, 0.717) is 17.6 Å². The lowest BCUT2D eigenvalue weighted by Crippen LogP contribution is -2.34. The number of amides is 1. The quantitative estimate of drug-likeness (QED) is 0.650. The fourth-order valence-corrected chi connectivity index (χ4v) is 4.57. The molecule has 9 heteroatoms. The Morgan fingerprint density at radius 3 is 2.45 bits per heavy atom. The number of aryl methyl sites for hydroxylation is 3. The first kappa shape index (κ1) is 18.0. The maximum absolute atomic E-state index is 13.0. The van der Waals surface area contributed by atoms with Crippen LogP contribution in [0.15, 0.2) is 12.4 Å². The monoisotopic (exact) mass is 392 g/mol. The van der Waals surface area contributed by atoms with Crippen LogP contribution in [0, 0.1) is 39.5 Å². The van der Waals surface area contributed by atoms with E-state index >= 15 is 0 Å². The van der Waals surface area contributed by atoms with E-state index in [1.54, 1.807) is 10.8 Å². The van der Waals surface area contributed by atoms with Crippen LogP contribution < -0.4 is 4.90 Å². The third kappa shape index (κ3) is 2.92. The van der Waals surface area contributed by atoms with Crippen molar-refractivity contribution in [1.29, 1.82) is 0 Å². The van der Waals surface area contributed by atoms with Gasteiger partial charge in [0.25, 0.3) is 11.7 Å². The number of hydrogen-bond acceptors (Lipinski definition) is 7. The van der Waals surface area contributed by atoms with Crippen molar-refractivity contribution in [3.63, 3.8) is 0 Å². The van der Waals surface area contributed by atoms with Gasteiger partial charge in [0.1, 0.15) is 12.1 Å². The maximum atomic E-state index is 13.0. The van der Waals surface area contributed by atoms with Crippen molar-refractivity contribution in [2.24, 2.45) is 11.8 Å². The van der Waals surface area contributed by atoms with Crippen molar-refractivity contribution in [1.82, 2.24) is 34.4 Å². The van der Waals surface area contributed by atoms with E-state index in [1.165, 1.54) is 0 Å². The summed E-state index contributed by atoms with van der Waals surface area (Å²) in [5.74, 6) is 2.49. The molecule has 29 heavy (non-hydrogen) atoms. The van der Waals surface area contributed by atoms with Crippen LogP contribution in [0.5, 0.6) is 0 Å². The molecule has 2 saturated heterocycles. The predicted molar refractivity (Wildman–Crippen MR) is 107 cm³/mol. The molecular formula is C20H24N8O. The van der Waals surface area contributed by atoms with Gasteiger partial charge in [0.2, 0.25) is 5.82 Å². The topological polar surface area (TPSA) is 92.4 Å². The van der Waals surface area contributed by atoms with Crippen LogP contribution in [0.2, 0.25) is 0 Å². The summed E-state index contributed by atoms with van der Waals surface area (Å²) in [5.41, 5.74) is 3.93. The Kier molecular flexibility index (Phi) is 4.01. The van der Waals surface area contributed by atoms with Gasteiger partial charge in [-0.25, -0.2) is 19.5 Å². The van der Waals surface area contributed by atoms with Crippen molar-refractivity contribution in [3.05, 3.63) is 40.9 Å². The molecule has 1 amide bonds. The van der Waals surface area contributed by atoms with Gasteiger partial charge < -0.3 is 9.80 Å². The minimum atomic E-state index is -0.109. The number of hydrogen-bond donors (Lipinski definition) is 0. The van der Waals surface area contributed by atoms with E-state index in [2.05, 4.69) is 36.9 Å². The highest BCUT2D eigenvalue weighted by Crippen LogP contribution is 2.35. The zero-order valence-corrected chi connectivity index (χ0v) is 17.1. The second-order valence-electron chi connectivity index (χ2n) is 8.23. The highest BCUT2D eigenvalue weighted by molar-refractivity contribution is 5.91. The largest absolute Gasteiger partial charge is 0.356 e. The molecule has 0 saturated carbocycles. The molecule has 0 aliphatic carbocycles. The van der Waals surface area contributed by atoms with Crippen LogP contribution in [0.3, 0.4) is 0 Å². The summed E-state index contributed by atoms with van der Waals surface area (Å²) >= 11 is 0. The van der Waals surface area contributed by atoms with Crippen LogP contribution in [-0.2, 0) is 0 Å². The lowest BCUT2D eigenvalue weighted by Gasteiger charge is -2.23. The average molecular weight is 392 g/mol. The molecule has 3 aromatic rings. The fourth-order valence-electron chi connectivity index (χ4n) is 4.57. The molecule has 9 nitrogen and oxygen atoms in total. The molecule has 0 N–H and O–H groups in total. The first-order valence-corrected chi connectivity index (χ1v) is 9.94. The van der Waals surface area contributed by atoms with E-state index in [0.717, 1.165) is 54.6 Å². The Morgan fingerprint density at radius 1 is 1.00 bits per heavy atom. The zero-order chi connectivity index (χ0) is 20.3. The lowest BCUT2D eigenvalue weighted by atomic mass is 10.0. The molecule has 0 spiro atoms. The van der Waals surface area contributed by atoms with Crippen molar-refractivity contribution in [2.75, 3.05) is 31.1 Å². The summed E-state index contributed by atoms with van der Waals surface area (Å²) in [6, 6.07) is 1.93. The molecule has 2 fully saturated rings. The molecule has 2 atom stereocenters. The van der Waals surface area contributed by atoms with E-state index in [1.807, 2.05) is 31.7 Å². The molecule has 0 radical (unpaired) electrons. The number of carbonyl (C=O) groups is 1. The van der Waals surface area contributed by atoms with E-state index in [9.17, 15) is 4.79 Å². The standard InChI is InChI=1S/C20H24N8O/c1-11-5-12(2)28-20(23-11)24-17(25-28)19(29)27-8-15-6-26(7-16(15)9-27)18-13(3)14(4)21-10-22-18/h5,10,15-16H,6-9H2,1-4H3. The van der Waals surface area contributed by atoms with Crippen LogP contribution in [-0.4, -0.2) is 66.5 Å². The number of anilines is 1. The number of aromatic nitrogens is 6. The second kappa shape index (κ2) is 6.47. The summed E-state index contributed by atoms with van der Waals surface area (Å²) in [4.78, 5) is 34.8. The maximum Gasteiger partial charge on any atom is 0.293 e. The highest BCUT2D eigenvalue weighted by Gasteiger charge is 2.43. The van der Waals surface area contributed by atoms with Crippen LogP contribution in [0.25, 0.3) is 5.78 Å². The molecule has 3 aromatic heterocycles.